The first kappa shape index (κ1) is 12.2. The van der Waals surface area contributed by atoms with E-state index >= 15 is 0 Å². The van der Waals surface area contributed by atoms with Crippen molar-refractivity contribution >= 4 is 23.2 Å². The van der Waals surface area contributed by atoms with Crippen LogP contribution in [0.5, 0.6) is 0 Å². The Hall–Kier alpha value is -1.29. The number of pyridine rings is 1. The second-order valence-corrected chi connectivity index (χ2v) is 4.78. The molecule has 2 rings (SSSR count). The first-order valence-corrected chi connectivity index (χ1v) is 6.20. The molecule has 0 saturated carbocycles. The molecular formula is C12H16ClN3O. The molecule has 1 aromatic rings. The average Bonchev–Trinajstić information content (AvgIpc) is 2.80. The van der Waals surface area contributed by atoms with Crippen molar-refractivity contribution in [2.75, 3.05) is 18.8 Å². The van der Waals surface area contributed by atoms with Crippen LogP contribution in [0.1, 0.15) is 30.1 Å². The first-order chi connectivity index (χ1) is 8.11. The predicted octanol–water partition coefficient (Wildman–Crippen LogP) is 2.19. The highest BCUT2D eigenvalue weighted by molar-refractivity contribution is 6.32. The summed E-state index contributed by atoms with van der Waals surface area (Å²) in [6.45, 7) is 3.75. The van der Waals surface area contributed by atoms with Crippen LogP contribution in [0.15, 0.2) is 12.3 Å². The SMILES string of the molecule is CCC1CCN(C(=O)c2cc(N)cnc2Cl)C1. The van der Waals surface area contributed by atoms with Crippen molar-refractivity contribution in [3.8, 4) is 0 Å². The number of nitrogen functional groups attached to an aromatic ring is 1. The van der Waals surface area contributed by atoms with Gasteiger partial charge in [-0.15, -0.1) is 0 Å². The number of hydrogen-bond acceptors (Lipinski definition) is 3. The molecule has 1 saturated heterocycles. The lowest BCUT2D eigenvalue weighted by atomic mass is 10.1. The molecule has 5 heteroatoms. The van der Waals surface area contributed by atoms with Crippen LogP contribution in [0.25, 0.3) is 0 Å². The average molecular weight is 254 g/mol. The fraction of sp³-hybridized carbons (Fsp3) is 0.500. The van der Waals surface area contributed by atoms with Gasteiger partial charge in [0.1, 0.15) is 5.15 Å². The number of anilines is 1. The summed E-state index contributed by atoms with van der Waals surface area (Å²) in [4.78, 5) is 18.0. The molecule has 2 N–H and O–H groups in total. The fourth-order valence-electron chi connectivity index (χ4n) is 2.13. The number of nitrogens with two attached hydrogens (primary N) is 1. The largest absolute Gasteiger partial charge is 0.397 e. The number of hydrogen-bond donors (Lipinski definition) is 1. The molecule has 1 unspecified atom stereocenters. The molecule has 1 aliphatic rings. The molecule has 1 amide bonds. The predicted molar refractivity (Wildman–Crippen MR) is 68.0 cm³/mol. The van der Waals surface area contributed by atoms with Crippen molar-refractivity contribution in [3.63, 3.8) is 0 Å². The van der Waals surface area contributed by atoms with E-state index in [0.29, 0.717) is 17.2 Å². The first-order valence-electron chi connectivity index (χ1n) is 5.82. The lowest BCUT2D eigenvalue weighted by Crippen LogP contribution is -2.29. The van der Waals surface area contributed by atoms with E-state index in [9.17, 15) is 4.79 Å². The quantitative estimate of drug-likeness (QED) is 0.822. The van der Waals surface area contributed by atoms with Crippen LogP contribution in [0.4, 0.5) is 5.69 Å². The number of aromatic nitrogens is 1. The van der Waals surface area contributed by atoms with Crippen molar-refractivity contribution < 1.29 is 4.79 Å². The summed E-state index contributed by atoms with van der Waals surface area (Å²) < 4.78 is 0. The van der Waals surface area contributed by atoms with Gasteiger partial charge in [0.05, 0.1) is 17.4 Å². The van der Waals surface area contributed by atoms with E-state index in [1.54, 1.807) is 6.07 Å². The Balaban J connectivity index is 2.17. The van der Waals surface area contributed by atoms with Gasteiger partial charge in [0.2, 0.25) is 0 Å². The van der Waals surface area contributed by atoms with Gasteiger partial charge >= 0.3 is 0 Å². The zero-order valence-corrected chi connectivity index (χ0v) is 10.6. The highest BCUT2D eigenvalue weighted by Gasteiger charge is 2.27. The van der Waals surface area contributed by atoms with Crippen LogP contribution in [0.2, 0.25) is 5.15 Å². The van der Waals surface area contributed by atoms with E-state index in [1.165, 1.54) is 6.20 Å². The molecule has 0 radical (unpaired) electrons. The molecule has 4 nitrogen and oxygen atoms in total. The van der Waals surface area contributed by atoms with Gasteiger partial charge in [-0.3, -0.25) is 4.79 Å². The fourth-order valence-corrected chi connectivity index (χ4v) is 2.32. The third kappa shape index (κ3) is 2.52. The monoisotopic (exact) mass is 253 g/mol. The molecule has 1 aromatic heterocycles. The lowest BCUT2D eigenvalue weighted by Gasteiger charge is -2.16. The van der Waals surface area contributed by atoms with Crippen molar-refractivity contribution in [2.45, 2.75) is 19.8 Å². The maximum absolute atomic E-state index is 12.2. The van der Waals surface area contributed by atoms with E-state index in [4.69, 9.17) is 17.3 Å². The van der Waals surface area contributed by atoms with Crippen molar-refractivity contribution in [1.82, 2.24) is 9.88 Å². The molecular weight excluding hydrogens is 238 g/mol. The van der Waals surface area contributed by atoms with Gasteiger partial charge in [-0.25, -0.2) is 4.98 Å². The molecule has 0 spiro atoms. The van der Waals surface area contributed by atoms with Crippen molar-refractivity contribution in [1.29, 1.82) is 0 Å². The molecule has 1 atom stereocenters. The standard InChI is InChI=1S/C12H16ClN3O/c1-2-8-3-4-16(7-8)12(17)10-5-9(14)6-15-11(10)13/h5-6,8H,2-4,7,14H2,1H3. The molecule has 92 valence electrons. The summed E-state index contributed by atoms with van der Waals surface area (Å²) in [5.41, 5.74) is 6.49. The Bertz CT molecular complexity index is 436. The topological polar surface area (TPSA) is 59.2 Å². The normalized spacial score (nSPS) is 19.6. The Morgan fingerprint density at radius 3 is 3.12 bits per heavy atom. The molecule has 1 aliphatic heterocycles. The van der Waals surface area contributed by atoms with Gasteiger partial charge in [-0.1, -0.05) is 24.9 Å². The third-order valence-electron chi connectivity index (χ3n) is 3.24. The number of amides is 1. The van der Waals surface area contributed by atoms with Crippen LogP contribution >= 0.6 is 11.6 Å². The van der Waals surface area contributed by atoms with Crippen LogP contribution < -0.4 is 5.73 Å². The molecule has 0 bridgehead atoms. The second kappa shape index (κ2) is 4.92. The maximum Gasteiger partial charge on any atom is 0.257 e. The van der Waals surface area contributed by atoms with E-state index in [1.807, 2.05) is 4.90 Å². The Labute approximate surface area is 106 Å². The summed E-state index contributed by atoms with van der Waals surface area (Å²) in [6, 6.07) is 1.59. The van der Waals surface area contributed by atoms with E-state index in [0.717, 1.165) is 25.9 Å². The summed E-state index contributed by atoms with van der Waals surface area (Å²) in [5.74, 6) is 0.539. The molecule has 0 aromatic carbocycles. The Morgan fingerprint density at radius 2 is 2.47 bits per heavy atom. The van der Waals surface area contributed by atoms with Gasteiger partial charge in [0, 0.05) is 13.1 Å². The molecule has 2 heterocycles. The minimum absolute atomic E-state index is 0.0641. The van der Waals surface area contributed by atoms with E-state index < -0.39 is 0 Å². The molecule has 0 aliphatic carbocycles. The third-order valence-corrected chi connectivity index (χ3v) is 3.54. The summed E-state index contributed by atoms with van der Waals surface area (Å²) >= 11 is 5.93. The number of rotatable bonds is 2. The van der Waals surface area contributed by atoms with Gasteiger partial charge in [0.25, 0.3) is 5.91 Å². The van der Waals surface area contributed by atoms with E-state index in [-0.39, 0.29) is 11.1 Å². The number of halogens is 1. The lowest BCUT2D eigenvalue weighted by molar-refractivity contribution is 0.0786. The maximum atomic E-state index is 12.2. The summed E-state index contributed by atoms with van der Waals surface area (Å²) in [5, 5.41) is 0.226. The smallest absolute Gasteiger partial charge is 0.257 e. The number of likely N-dealkylation sites (tertiary alicyclic amines) is 1. The number of nitrogens with zero attached hydrogens (tertiary/aromatic N) is 2. The van der Waals surface area contributed by atoms with Gasteiger partial charge in [-0.2, -0.15) is 0 Å². The molecule has 17 heavy (non-hydrogen) atoms. The van der Waals surface area contributed by atoms with Gasteiger partial charge in [0.15, 0.2) is 0 Å². The zero-order chi connectivity index (χ0) is 12.4. The Kier molecular flexibility index (Phi) is 3.52. The van der Waals surface area contributed by atoms with Crippen LogP contribution in [-0.4, -0.2) is 28.9 Å². The number of carbonyl (C=O) groups is 1. The molecule has 1 fully saturated rings. The highest BCUT2D eigenvalue weighted by Crippen LogP contribution is 2.24. The van der Waals surface area contributed by atoms with Crippen molar-refractivity contribution in [3.05, 3.63) is 23.0 Å². The summed E-state index contributed by atoms with van der Waals surface area (Å²) in [7, 11) is 0. The number of carbonyl (C=O) groups excluding carboxylic acids is 1. The van der Waals surface area contributed by atoms with E-state index in [2.05, 4.69) is 11.9 Å². The van der Waals surface area contributed by atoms with Crippen LogP contribution in [-0.2, 0) is 0 Å². The van der Waals surface area contributed by atoms with Gasteiger partial charge < -0.3 is 10.6 Å². The minimum Gasteiger partial charge on any atom is -0.397 e. The van der Waals surface area contributed by atoms with Crippen molar-refractivity contribution in [2.24, 2.45) is 5.92 Å². The van der Waals surface area contributed by atoms with Gasteiger partial charge in [-0.05, 0) is 18.4 Å². The summed E-state index contributed by atoms with van der Waals surface area (Å²) in [6.07, 6.45) is 3.63. The zero-order valence-electron chi connectivity index (χ0n) is 9.82. The highest BCUT2D eigenvalue weighted by atomic mass is 35.5. The minimum atomic E-state index is -0.0641. The van der Waals surface area contributed by atoms with Crippen LogP contribution in [0, 0.1) is 5.92 Å². The second-order valence-electron chi connectivity index (χ2n) is 4.42. The Morgan fingerprint density at radius 1 is 1.71 bits per heavy atom. The van der Waals surface area contributed by atoms with Crippen LogP contribution in [0.3, 0.4) is 0 Å².